The largest absolute Gasteiger partial charge is 0.365 e. The van der Waals surface area contributed by atoms with E-state index in [1.807, 2.05) is 48.7 Å². The number of nitrogens with zero attached hydrogens (tertiary/aromatic N) is 3. The normalized spacial score (nSPS) is 12.0. The van der Waals surface area contributed by atoms with Gasteiger partial charge in [0.25, 0.3) is 0 Å². The van der Waals surface area contributed by atoms with Gasteiger partial charge in [0.05, 0.1) is 11.2 Å². The molecule has 1 aromatic carbocycles. The Hall–Kier alpha value is -2.88. The maximum absolute atomic E-state index is 4.82. The van der Waals surface area contributed by atoms with Crippen molar-refractivity contribution in [3.8, 4) is 11.4 Å². The Balaban J connectivity index is 1.95. The van der Waals surface area contributed by atoms with E-state index >= 15 is 0 Å². The highest BCUT2D eigenvalue weighted by atomic mass is 15.2. The van der Waals surface area contributed by atoms with Crippen molar-refractivity contribution in [3.63, 3.8) is 0 Å². The molecule has 0 atom stereocenters. The van der Waals surface area contributed by atoms with Crippen LogP contribution in [0.1, 0.15) is 20.8 Å². The number of rotatable bonds is 2. The Morgan fingerprint density at radius 3 is 2.50 bits per heavy atom. The van der Waals surface area contributed by atoms with Crippen LogP contribution in [0.2, 0.25) is 0 Å². The van der Waals surface area contributed by atoms with Crippen LogP contribution in [0.3, 0.4) is 0 Å². The summed E-state index contributed by atoms with van der Waals surface area (Å²) in [4.78, 5) is 9.63. The fourth-order valence-corrected chi connectivity index (χ4v) is 2.85. The molecule has 24 heavy (non-hydrogen) atoms. The zero-order valence-corrected chi connectivity index (χ0v) is 14.1. The molecular weight excluding hydrogens is 296 g/mol. The van der Waals surface area contributed by atoms with Crippen LogP contribution in [0, 0.1) is 0 Å². The van der Waals surface area contributed by atoms with Gasteiger partial charge in [0.15, 0.2) is 0 Å². The lowest BCUT2D eigenvalue weighted by atomic mass is 10.1. The number of pyridine rings is 2. The predicted octanol–water partition coefficient (Wildman–Crippen LogP) is 4.76. The lowest BCUT2D eigenvalue weighted by Gasteiger charge is -2.22. The van der Waals surface area contributed by atoms with Crippen molar-refractivity contribution < 1.29 is 0 Å². The van der Waals surface area contributed by atoms with E-state index in [0.717, 1.165) is 33.8 Å². The first-order valence-electron chi connectivity index (χ1n) is 8.13. The minimum absolute atomic E-state index is 0.0720. The molecule has 4 heteroatoms. The van der Waals surface area contributed by atoms with Crippen molar-refractivity contribution >= 4 is 22.4 Å². The van der Waals surface area contributed by atoms with Crippen LogP contribution in [0.15, 0.2) is 60.8 Å². The summed E-state index contributed by atoms with van der Waals surface area (Å²) in [6.07, 6.45) is 2.03. The third-order valence-electron chi connectivity index (χ3n) is 3.86. The van der Waals surface area contributed by atoms with E-state index in [4.69, 9.17) is 9.97 Å². The molecule has 120 valence electrons. The molecule has 4 nitrogen and oxygen atoms in total. The van der Waals surface area contributed by atoms with Gasteiger partial charge in [-0.25, -0.2) is 9.97 Å². The van der Waals surface area contributed by atoms with Gasteiger partial charge in [-0.2, -0.15) is 0 Å². The van der Waals surface area contributed by atoms with E-state index in [1.165, 1.54) is 0 Å². The van der Waals surface area contributed by atoms with E-state index in [9.17, 15) is 0 Å². The van der Waals surface area contributed by atoms with E-state index in [-0.39, 0.29) is 5.54 Å². The van der Waals surface area contributed by atoms with Crippen molar-refractivity contribution in [1.82, 2.24) is 14.4 Å². The molecule has 0 bridgehead atoms. The highest BCUT2D eigenvalue weighted by molar-refractivity contribution is 5.83. The molecule has 4 aromatic rings. The number of hydrogen-bond donors (Lipinski definition) is 1. The second-order valence-electron chi connectivity index (χ2n) is 7.00. The highest BCUT2D eigenvalue weighted by Crippen LogP contribution is 2.30. The number of nitrogens with one attached hydrogen (secondary N) is 1. The molecule has 0 saturated carbocycles. The summed E-state index contributed by atoms with van der Waals surface area (Å²) in [6, 6.07) is 18.3. The molecule has 0 aliphatic carbocycles. The SMILES string of the molecule is CC(C)(C)Nc1c(-c2ccc3ccccc3n2)nc2ccccn12. The van der Waals surface area contributed by atoms with Gasteiger partial charge in [-0.05, 0) is 45.0 Å². The average Bonchev–Trinajstić information content (AvgIpc) is 2.91. The third-order valence-corrected chi connectivity index (χ3v) is 3.86. The number of fused-ring (bicyclic) bond motifs is 2. The number of benzene rings is 1. The summed E-state index contributed by atoms with van der Waals surface area (Å²) in [5, 5.41) is 4.71. The van der Waals surface area contributed by atoms with Gasteiger partial charge < -0.3 is 5.32 Å². The molecule has 0 spiro atoms. The molecular formula is C20H20N4. The number of aromatic nitrogens is 3. The van der Waals surface area contributed by atoms with E-state index in [0.29, 0.717) is 0 Å². The monoisotopic (exact) mass is 316 g/mol. The first-order valence-corrected chi connectivity index (χ1v) is 8.13. The predicted molar refractivity (Wildman–Crippen MR) is 99.3 cm³/mol. The number of hydrogen-bond acceptors (Lipinski definition) is 3. The summed E-state index contributed by atoms with van der Waals surface area (Å²) in [7, 11) is 0. The van der Waals surface area contributed by atoms with E-state index in [2.05, 4.69) is 42.6 Å². The molecule has 0 radical (unpaired) electrons. The Kier molecular flexibility index (Phi) is 3.27. The van der Waals surface area contributed by atoms with Gasteiger partial charge in [0.1, 0.15) is 17.2 Å². The third kappa shape index (κ3) is 2.60. The van der Waals surface area contributed by atoms with Crippen LogP contribution >= 0.6 is 0 Å². The minimum Gasteiger partial charge on any atom is -0.365 e. The molecule has 3 heterocycles. The second kappa shape index (κ2) is 5.34. The maximum atomic E-state index is 4.82. The van der Waals surface area contributed by atoms with Crippen LogP contribution < -0.4 is 5.32 Å². The van der Waals surface area contributed by atoms with E-state index in [1.54, 1.807) is 0 Å². The summed E-state index contributed by atoms with van der Waals surface area (Å²) < 4.78 is 2.08. The Bertz CT molecular complexity index is 1020. The van der Waals surface area contributed by atoms with Gasteiger partial charge >= 0.3 is 0 Å². The van der Waals surface area contributed by atoms with Crippen LogP contribution in [-0.4, -0.2) is 19.9 Å². The summed E-state index contributed by atoms with van der Waals surface area (Å²) in [5.41, 5.74) is 3.58. The second-order valence-corrected chi connectivity index (χ2v) is 7.00. The Morgan fingerprint density at radius 2 is 1.67 bits per heavy atom. The Labute approximate surface area is 141 Å². The lowest BCUT2D eigenvalue weighted by molar-refractivity contribution is 0.629. The number of imidazole rings is 1. The molecule has 3 aromatic heterocycles. The van der Waals surface area contributed by atoms with Crippen molar-refractivity contribution in [2.24, 2.45) is 0 Å². The summed E-state index contributed by atoms with van der Waals surface area (Å²) >= 11 is 0. The average molecular weight is 316 g/mol. The molecule has 1 N–H and O–H groups in total. The highest BCUT2D eigenvalue weighted by Gasteiger charge is 2.19. The zero-order chi connectivity index (χ0) is 16.7. The quantitative estimate of drug-likeness (QED) is 0.580. The topological polar surface area (TPSA) is 42.2 Å². The van der Waals surface area contributed by atoms with E-state index < -0.39 is 0 Å². The van der Waals surface area contributed by atoms with Gasteiger partial charge in [-0.15, -0.1) is 0 Å². The molecule has 0 aliphatic rings. The van der Waals surface area contributed by atoms with Gasteiger partial charge in [-0.3, -0.25) is 4.40 Å². The minimum atomic E-state index is -0.0720. The first kappa shape index (κ1) is 14.7. The molecule has 0 amide bonds. The van der Waals surface area contributed by atoms with Gasteiger partial charge in [-0.1, -0.05) is 30.3 Å². The molecule has 4 rings (SSSR count). The standard InChI is InChI=1S/C20H20N4/c1-20(2,3)23-19-18(22-17-10-6-7-13-24(17)19)16-12-11-14-8-4-5-9-15(14)21-16/h4-13,23H,1-3H3. The molecule has 0 unspecified atom stereocenters. The smallest absolute Gasteiger partial charge is 0.140 e. The maximum Gasteiger partial charge on any atom is 0.140 e. The lowest BCUT2D eigenvalue weighted by Crippen LogP contribution is -2.27. The summed E-state index contributed by atoms with van der Waals surface area (Å²) in [6.45, 7) is 6.44. The molecule has 0 aliphatic heterocycles. The van der Waals surface area contributed by atoms with Gasteiger partial charge in [0, 0.05) is 17.1 Å². The number of para-hydroxylation sites is 1. The first-order chi connectivity index (χ1) is 11.5. The van der Waals surface area contributed by atoms with Crippen LogP contribution in [-0.2, 0) is 0 Å². The van der Waals surface area contributed by atoms with Crippen molar-refractivity contribution in [2.75, 3.05) is 5.32 Å². The summed E-state index contributed by atoms with van der Waals surface area (Å²) in [5.74, 6) is 0.973. The van der Waals surface area contributed by atoms with Crippen LogP contribution in [0.4, 0.5) is 5.82 Å². The van der Waals surface area contributed by atoms with Crippen molar-refractivity contribution in [1.29, 1.82) is 0 Å². The number of anilines is 1. The molecule has 0 fully saturated rings. The fourth-order valence-electron chi connectivity index (χ4n) is 2.85. The Morgan fingerprint density at radius 1 is 0.875 bits per heavy atom. The van der Waals surface area contributed by atoms with Crippen molar-refractivity contribution in [3.05, 3.63) is 60.8 Å². The van der Waals surface area contributed by atoms with Crippen LogP contribution in [0.25, 0.3) is 27.9 Å². The fraction of sp³-hybridized carbons (Fsp3) is 0.200. The zero-order valence-electron chi connectivity index (χ0n) is 14.1. The molecule has 0 saturated heterocycles. The van der Waals surface area contributed by atoms with Gasteiger partial charge in [0.2, 0.25) is 0 Å². The van der Waals surface area contributed by atoms with Crippen molar-refractivity contribution in [2.45, 2.75) is 26.3 Å². The van der Waals surface area contributed by atoms with Crippen LogP contribution in [0.5, 0.6) is 0 Å².